The first-order valence-electron chi connectivity index (χ1n) is 13.4. The zero-order valence-electron chi connectivity index (χ0n) is 21.8. The van der Waals surface area contributed by atoms with Crippen molar-refractivity contribution < 1.29 is 19.1 Å². The molecule has 37 heavy (non-hydrogen) atoms. The second-order valence-corrected chi connectivity index (χ2v) is 10.7. The van der Waals surface area contributed by atoms with Crippen LogP contribution in [0.3, 0.4) is 0 Å². The van der Waals surface area contributed by atoms with Crippen LogP contribution in [0.4, 0.5) is 10.5 Å². The van der Waals surface area contributed by atoms with Crippen LogP contribution >= 0.6 is 0 Å². The number of amides is 2. The van der Waals surface area contributed by atoms with Gasteiger partial charge in [-0.05, 0) is 36.0 Å². The van der Waals surface area contributed by atoms with Crippen molar-refractivity contribution in [2.75, 3.05) is 64.9 Å². The van der Waals surface area contributed by atoms with Crippen LogP contribution in [0, 0.1) is 11.8 Å². The van der Waals surface area contributed by atoms with Crippen molar-refractivity contribution in [3.63, 3.8) is 0 Å². The Morgan fingerprint density at radius 3 is 2.41 bits per heavy atom. The van der Waals surface area contributed by atoms with Gasteiger partial charge in [0, 0.05) is 58.9 Å². The first kappa shape index (κ1) is 25.5. The Bertz CT molecular complexity index is 1060. The number of rotatable bonds is 8. The molecule has 0 radical (unpaired) electrons. The number of benzene rings is 2. The van der Waals surface area contributed by atoms with Crippen LogP contribution in [0.15, 0.2) is 54.6 Å². The fourth-order valence-corrected chi connectivity index (χ4v) is 5.91. The summed E-state index contributed by atoms with van der Waals surface area (Å²) < 4.78 is 10.9. The minimum Gasteiger partial charge on any atom is -0.444 e. The number of hydrogen-bond donors (Lipinski definition) is 1. The second-order valence-electron chi connectivity index (χ2n) is 10.7. The van der Waals surface area contributed by atoms with Crippen LogP contribution in [0.2, 0.25) is 0 Å². The van der Waals surface area contributed by atoms with E-state index in [9.17, 15) is 9.59 Å². The average molecular weight is 507 g/mol. The number of anilines is 1. The Morgan fingerprint density at radius 2 is 1.73 bits per heavy atom. The first-order valence-corrected chi connectivity index (χ1v) is 13.4. The van der Waals surface area contributed by atoms with Gasteiger partial charge in [-0.1, -0.05) is 42.5 Å². The van der Waals surface area contributed by atoms with Crippen LogP contribution in [-0.4, -0.2) is 87.9 Å². The SMILES string of the molecule is CN(C)c1ccccc1C(=O)N1CC2CN(CCC(NC(=O)OC3CCOC3)c3ccccc3)C[C@H]2C1. The molecule has 5 rings (SSSR count). The maximum absolute atomic E-state index is 13.3. The summed E-state index contributed by atoms with van der Waals surface area (Å²) in [7, 11) is 3.95. The number of likely N-dealkylation sites (tertiary alicyclic amines) is 2. The predicted molar refractivity (Wildman–Crippen MR) is 143 cm³/mol. The van der Waals surface area contributed by atoms with Gasteiger partial charge in [-0.15, -0.1) is 0 Å². The third-order valence-electron chi connectivity index (χ3n) is 7.85. The van der Waals surface area contributed by atoms with E-state index in [2.05, 4.69) is 22.3 Å². The van der Waals surface area contributed by atoms with E-state index in [4.69, 9.17) is 9.47 Å². The maximum Gasteiger partial charge on any atom is 0.407 e. The number of hydrogen-bond acceptors (Lipinski definition) is 6. The lowest BCUT2D eigenvalue weighted by atomic mass is 10.0. The molecule has 0 spiro atoms. The Kier molecular flexibility index (Phi) is 7.96. The predicted octanol–water partition coefficient (Wildman–Crippen LogP) is 3.40. The van der Waals surface area contributed by atoms with Crippen molar-refractivity contribution in [1.82, 2.24) is 15.1 Å². The monoisotopic (exact) mass is 506 g/mol. The molecule has 8 nitrogen and oxygen atoms in total. The molecule has 3 aliphatic heterocycles. The largest absolute Gasteiger partial charge is 0.444 e. The highest BCUT2D eigenvalue weighted by atomic mass is 16.6. The van der Waals surface area contributed by atoms with E-state index in [0.29, 0.717) is 25.0 Å². The highest BCUT2D eigenvalue weighted by Crippen LogP contribution is 2.33. The smallest absolute Gasteiger partial charge is 0.407 e. The van der Waals surface area contributed by atoms with E-state index in [1.54, 1.807) is 0 Å². The van der Waals surface area contributed by atoms with Crippen molar-refractivity contribution in [2.45, 2.75) is 25.0 Å². The van der Waals surface area contributed by atoms with Crippen LogP contribution in [-0.2, 0) is 9.47 Å². The van der Waals surface area contributed by atoms with Crippen molar-refractivity contribution >= 4 is 17.7 Å². The summed E-state index contributed by atoms with van der Waals surface area (Å²) in [6.45, 7) is 5.57. The number of alkyl carbamates (subject to hydrolysis) is 1. The van der Waals surface area contributed by atoms with Crippen molar-refractivity contribution in [1.29, 1.82) is 0 Å². The van der Waals surface area contributed by atoms with E-state index in [0.717, 1.165) is 62.4 Å². The number of nitrogens with zero attached hydrogens (tertiary/aromatic N) is 3. The number of para-hydroxylation sites is 1. The molecule has 2 aromatic rings. The van der Waals surface area contributed by atoms with Gasteiger partial charge in [-0.3, -0.25) is 4.79 Å². The molecule has 3 unspecified atom stereocenters. The Labute approximate surface area is 219 Å². The van der Waals surface area contributed by atoms with Gasteiger partial charge in [0.15, 0.2) is 0 Å². The summed E-state index contributed by atoms with van der Waals surface area (Å²) in [5.74, 6) is 1.11. The van der Waals surface area contributed by atoms with Gasteiger partial charge in [0.05, 0.1) is 24.8 Å². The maximum atomic E-state index is 13.3. The van der Waals surface area contributed by atoms with Gasteiger partial charge in [-0.25, -0.2) is 4.79 Å². The third-order valence-corrected chi connectivity index (χ3v) is 7.85. The Balaban J connectivity index is 1.15. The number of ether oxygens (including phenoxy) is 2. The van der Waals surface area contributed by atoms with E-state index in [-0.39, 0.29) is 24.1 Å². The van der Waals surface area contributed by atoms with Gasteiger partial charge in [-0.2, -0.15) is 0 Å². The van der Waals surface area contributed by atoms with E-state index in [1.807, 2.05) is 66.4 Å². The van der Waals surface area contributed by atoms with Crippen molar-refractivity contribution in [2.24, 2.45) is 11.8 Å². The molecule has 0 bridgehead atoms. The molecule has 3 heterocycles. The molecule has 2 amide bonds. The zero-order valence-corrected chi connectivity index (χ0v) is 21.8. The lowest BCUT2D eigenvalue weighted by molar-refractivity contribution is 0.0774. The molecule has 1 N–H and O–H groups in total. The van der Waals surface area contributed by atoms with Gasteiger partial charge < -0.3 is 29.5 Å². The molecule has 0 aliphatic carbocycles. The van der Waals surface area contributed by atoms with E-state index in [1.165, 1.54) is 0 Å². The molecule has 198 valence electrons. The lowest BCUT2D eigenvalue weighted by Crippen LogP contribution is -2.36. The molecule has 2 aromatic carbocycles. The number of carbonyl (C=O) groups is 2. The summed E-state index contributed by atoms with van der Waals surface area (Å²) in [6.07, 6.45) is 1.01. The Hall–Kier alpha value is -3.10. The van der Waals surface area contributed by atoms with E-state index < -0.39 is 0 Å². The molecule has 3 aliphatic rings. The summed E-state index contributed by atoms with van der Waals surface area (Å²) >= 11 is 0. The summed E-state index contributed by atoms with van der Waals surface area (Å²) in [5.41, 5.74) is 2.82. The van der Waals surface area contributed by atoms with Crippen molar-refractivity contribution in [3.05, 3.63) is 65.7 Å². The normalized spacial score (nSPS) is 24.1. The van der Waals surface area contributed by atoms with E-state index >= 15 is 0 Å². The summed E-state index contributed by atoms with van der Waals surface area (Å²) in [6, 6.07) is 17.8. The summed E-state index contributed by atoms with van der Waals surface area (Å²) in [5, 5.41) is 3.09. The summed E-state index contributed by atoms with van der Waals surface area (Å²) in [4.78, 5) is 32.4. The lowest BCUT2D eigenvalue weighted by Gasteiger charge is -2.26. The highest BCUT2D eigenvalue weighted by molar-refractivity contribution is 6.00. The average Bonchev–Trinajstić information content (AvgIpc) is 3.64. The minimum atomic E-state index is -0.380. The minimum absolute atomic E-state index is 0.114. The molecule has 0 saturated carbocycles. The fourth-order valence-electron chi connectivity index (χ4n) is 5.91. The molecular formula is C29H38N4O4. The van der Waals surface area contributed by atoms with Gasteiger partial charge >= 0.3 is 6.09 Å². The Morgan fingerprint density at radius 1 is 1.03 bits per heavy atom. The van der Waals surface area contributed by atoms with Gasteiger partial charge in [0.25, 0.3) is 5.91 Å². The molecule has 8 heteroatoms. The second kappa shape index (κ2) is 11.5. The number of fused-ring (bicyclic) bond motifs is 1. The number of nitrogens with one attached hydrogen (secondary N) is 1. The van der Waals surface area contributed by atoms with Crippen LogP contribution in [0.25, 0.3) is 0 Å². The third kappa shape index (κ3) is 6.08. The molecular weight excluding hydrogens is 468 g/mol. The standard InChI is InChI=1S/C29H38N4O4/c1-31(2)27-11-7-6-10-25(27)28(34)33-18-22-16-32(17-23(22)19-33)14-12-26(21-8-4-3-5-9-21)30-29(35)37-24-13-15-36-20-24/h3-11,22-24,26H,12-20H2,1-2H3,(H,30,35)/t22-,23?,24?,26?/m0/s1. The van der Waals surface area contributed by atoms with Crippen LogP contribution in [0.1, 0.15) is 34.8 Å². The quantitative estimate of drug-likeness (QED) is 0.592. The topological polar surface area (TPSA) is 74.4 Å². The molecule has 3 saturated heterocycles. The molecule has 3 fully saturated rings. The zero-order chi connectivity index (χ0) is 25.8. The first-order chi connectivity index (χ1) is 18.0. The van der Waals surface area contributed by atoms with Crippen molar-refractivity contribution in [3.8, 4) is 0 Å². The number of carbonyl (C=O) groups excluding carboxylic acids is 2. The molecule has 0 aromatic heterocycles. The van der Waals surface area contributed by atoms with Crippen LogP contribution < -0.4 is 10.2 Å². The fraction of sp³-hybridized carbons (Fsp3) is 0.517. The van der Waals surface area contributed by atoms with Gasteiger partial charge in [0.2, 0.25) is 0 Å². The van der Waals surface area contributed by atoms with Gasteiger partial charge in [0.1, 0.15) is 6.10 Å². The molecule has 4 atom stereocenters. The highest BCUT2D eigenvalue weighted by Gasteiger charge is 2.42. The van der Waals surface area contributed by atoms with Crippen LogP contribution in [0.5, 0.6) is 0 Å².